The van der Waals surface area contributed by atoms with Crippen LogP contribution in [-0.4, -0.2) is 12.5 Å². The van der Waals surface area contributed by atoms with E-state index in [9.17, 15) is 4.79 Å². The lowest BCUT2D eigenvalue weighted by atomic mass is 10.1. The second-order valence-corrected chi connectivity index (χ2v) is 5.45. The van der Waals surface area contributed by atoms with E-state index in [0.717, 1.165) is 30.6 Å². The van der Waals surface area contributed by atoms with Crippen LogP contribution in [0.15, 0.2) is 36.4 Å². The van der Waals surface area contributed by atoms with E-state index in [1.165, 1.54) is 5.56 Å². The summed E-state index contributed by atoms with van der Waals surface area (Å²) >= 11 is 0. The second-order valence-electron chi connectivity index (χ2n) is 5.45. The number of carbonyl (C=O) groups is 1. The zero-order chi connectivity index (χ0) is 13.8. The molecule has 1 aliphatic rings. The van der Waals surface area contributed by atoms with Crippen LogP contribution in [0.25, 0.3) is 0 Å². The fourth-order valence-electron chi connectivity index (χ4n) is 1.89. The predicted octanol–water partition coefficient (Wildman–Crippen LogP) is 3.26. The molecule has 0 unspecified atom stereocenters. The van der Waals surface area contributed by atoms with Gasteiger partial charge in [0.05, 0.1) is 0 Å². The Morgan fingerprint density at radius 1 is 1.37 bits per heavy atom. The highest BCUT2D eigenvalue weighted by atomic mass is 16.2. The van der Waals surface area contributed by atoms with E-state index < -0.39 is 0 Å². The topological polar surface area (TPSA) is 41.1 Å². The Hall–Kier alpha value is -1.61. The fourth-order valence-corrected chi connectivity index (χ4v) is 1.89. The van der Waals surface area contributed by atoms with Crippen LogP contribution in [0, 0.1) is 5.92 Å². The number of anilines is 1. The average molecular weight is 258 g/mol. The first-order chi connectivity index (χ1) is 9.06. The van der Waals surface area contributed by atoms with Crippen LogP contribution in [-0.2, 0) is 4.79 Å². The van der Waals surface area contributed by atoms with Crippen LogP contribution in [0.4, 0.5) is 5.69 Å². The molecule has 0 aliphatic heterocycles. The smallest absolute Gasteiger partial charge is 0.227 e. The second kappa shape index (κ2) is 6.02. The van der Waals surface area contributed by atoms with Crippen LogP contribution in [0.5, 0.6) is 0 Å². The monoisotopic (exact) mass is 258 g/mol. The summed E-state index contributed by atoms with van der Waals surface area (Å²) in [5.74, 6) is 0.400. The Kier molecular flexibility index (Phi) is 4.38. The van der Waals surface area contributed by atoms with Crippen molar-refractivity contribution < 1.29 is 4.79 Å². The Balaban J connectivity index is 1.89. The third kappa shape index (κ3) is 4.21. The van der Waals surface area contributed by atoms with Crippen LogP contribution in [0.3, 0.4) is 0 Å². The number of hydrogen-bond acceptors (Lipinski definition) is 2. The van der Waals surface area contributed by atoms with Crippen LogP contribution in [0.1, 0.15) is 38.3 Å². The molecule has 1 saturated carbocycles. The van der Waals surface area contributed by atoms with E-state index in [-0.39, 0.29) is 17.9 Å². The summed E-state index contributed by atoms with van der Waals surface area (Å²) in [6, 6.07) is 8.32. The van der Waals surface area contributed by atoms with E-state index >= 15 is 0 Å². The van der Waals surface area contributed by atoms with Crippen molar-refractivity contribution in [1.82, 2.24) is 5.32 Å². The average Bonchev–Trinajstić information content (AvgIpc) is 3.21. The van der Waals surface area contributed by atoms with Crippen molar-refractivity contribution in [1.29, 1.82) is 0 Å². The number of hydrogen-bond donors (Lipinski definition) is 2. The Morgan fingerprint density at radius 2 is 2.00 bits per heavy atom. The molecule has 0 spiro atoms. The lowest BCUT2D eigenvalue weighted by Gasteiger charge is -2.15. The molecule has 0 saturated heterocycles. The SMILES string of the molecule is C=C(C)CN[C@@H](C)c1ccc(NC(=O)C2CC2)cc1. The number of benzene rings is 1. The standard InChI is InChI=1S/C16H22N2O/c1-11(2)10-17-12(3)13-6-8-15(9-7-13)18-16(19)14-4-5-14/h6-9,12,14,17H,1,4-5,10H2,2-3H3,(H,18,19)/t12-/m0/s1. The molecule has 0 bridgehead atoms. The molecule has 3 nitrogen and oxygen atoms in total. The highest BCUT2D eigenvalue weighted by molar-refractivity contribution is 5.93. The summed E-state index contributed by atoms with van der Waals surface area (Å²) in [6.07, 6.45) is 2.07. The minimum Gasteiger partial charge on any atom is -0.326 e. The van der Waals surface area contributed by atoms with Gasteiger partial charge in [0, 0.05) is 24.2 Å². The van der Waals surface area contributed by atoms with Gasteiger partial charge in [-0.15, -0.1) is 0 Å². The molecule has 19 heavy (non-hydrogen) atoms. The largest absolute Gasteiger partial charge is 0.326 e. The molecular weight excluding hydrogens is 236 g/mol. The predicted molar refractivity (Wildman–Crippen MR) is 79.0 cm³/mol. The van der Waals surface area contributed by atoms with Crippen molar-refractivity contribution in [3.8, 4) is 0 Å². The Labute approximate surface area is 115 Å². The maximum atomic E-state index is 11.6. The summed E-state index contributed by atoms with van der Waals surface area (Å²) in [5, 5.41) is 6.35. The minimum absolute atomic E-state index is 0.154. The molecule has 3 heteroatoms. The maximum absolute atomic E-state index is 11.6. The van der Waals surface area contributed by atoms with Crippen molar-refractivity contribution >= 4 is 11.6 Å². The van der Waals surface area contributed by atoms with E-state index in [0.29, 0.717) is 0 Å². The number of amides is 1. The summed E-state index contributed by atoms with van der Waals surface area (Å²) in [7, 11) is 0. The molecular formula is C16H22N2O. The Bertz CT molecular complexity index is 460. The van der Waals surface area contributed by atoms with Gasteiger partial charge in [0.25, 0.3) is 0 Å². The normalized spacial score (nSPS) is 15.9. The maximum Gasteiger partial charge on any atom is 0.227 e. The first kappa shape index (κ1) is 13.8. The molecule has 1 amide bonds. The summed E-state index contributed by atoms with van der Waals surface area (Å²) in [5.41, 5.74) is 3.22. The number of carbonyl (C=O) groups excluding carboxylic acids is 1. The number of nitrogens with one attached hydrogen (secondary N) is 2. The van der Waals surface area contributed by atoms with Crippen molar-refractivity contribution in [2.24, 2.45) is 5.92 Å². The van der Waals surface area contributed by atoms with Gasteiger partial charge in [-0.2, -0.15) is 0 Å². The van der Waals surface area contributed by atoms with E-state index in [1.807, 2.05) is 19.1 Å². The van der Waals surface area contributed by atoms with E-state index in [1.54, 1.807) is 0 Å². The lowest BCUT2D eigenvalue weighted by Crippen LogP contribution is -2.20. The highest BCUT2D eigenvalue weighted by Gasteiger charge is 2.29. The minimum atomic E-state index is 0.154. The van der Waals surface area contributed by atoms with Crippen molar-refractivity contribution in [3.63, 3.8) is 0 Å². The van der Waals surface area contributed by atoms with Crippen LogP contribution >= 0.6 is 0 Å². The van der Waals surface area contributed by atoms with Crippen molar-refractivity contribution in [2.45, 2.75) is 32.7 Å². The van der Waals surface area contributed by atoms with Gasteiger partial charge < -0.3 is 10.6 Å². The van der Waals surface area contributed by atoms with Gasteiger partial charge in [0.1, 0.15) is 0 Å². The van der Waals surface area contributed by atoms with Crippen LogP contribution in [0.2, 0.25) is 0 Å². The molecule has 2 rings (SSSR count). The summed E-state index contributed by atoms with van der Waals surface area (Å²) < 4.78 is 0. The first-order valence-electron chi connectivity index (χ1n) is 6.85. The van der Waals surface area contributed by atoms with Crippen molar-refractivity contribution in [3.05, 3.63) is 42.0 Å². The molecule has 1 aromatic carbocycles. The van der Waals surface area contributed by atoms with Gasteiger partial charge >= 0.3 is 0 Å². The van der Waals surface area contributed by atoms with Gasteiger partial charge in [-0.05, 0) is 44.4 Å². The lowest BCUT2D eigenvalue weighted by molar-refractivity contribution is -0.117. The van der Waals surface area contributed by atoms with Gasteiger partial charge in [-0.3, -0.25) is 4.79 Å². The molecule has 2 N–H and O–H groups in total. The van der Waals surface area contributed by atoms with E-state index in [2.05, 4.69) is 36.3 Å². The quantitative estimate of drug-likeness (QED) is 0.769. The Morgan fingerprint density at radius 3 is 2.53 bits per heavy atom. The third-order valence-corrected chi connectivity index (χ3v) is 3.34. The zero-order valence-corrected chi connectivity index (χ0v) is 11.7. The molecule has 1 aliphatic carbocycles. The molecule has 102 valence electrons. The third-order valence-electron chi connectivity index (χ3n) is 3.34. The zero-order valence-electron chi connectivity index (χ0n) is 11.7. The summed E-state index contributed by atoms with van der Waals surface area (Å²) in [6.45, 7) is 8.84. The highest BCUT2D eigenvalue weighted by Crippen LogP contribution is 2.30. The van der Waals surface area contributed by atoms with Crippen LogP contribution < -0.4 is 10.6 Å². The molecule has 0 aromatic heterocycles. The van der Waals surface area contributed by atoms with Gasteiger partial charge in [-0.25, -0.2) is 0 Å². The van der Waals surface area contributed by atoms with Gasteiger partial charge in [0.15, 0.2) is 0 Å². The summed E-state index contributed by atoms with van der Waals surface area (Å²) in [4.78, 5) is 11.6. The van der Waals surface area contributed by atoms with E-state index in [4.69, 9.17) is 0 Å². The molecule has 1 atom stereocenters. The van der Waals surface area contributed by atoms with Gasteiger partial charge in [0.2, 0.25) is 5.91 Å². The van der Waals surface area contributed by atoms with Gasteiger partial charge in [-0.1, -0.05) is 24.3 Å². The fraction of sp³-hybridized carbons (Fsp3) is 0.438. The molecule has 1 aromatic rings. The van der Waals surface area contributed by atoms with Crippen molar-refractivity contribution in [2.75, 3.05) is 11.9 Å². The molecule has 1 fully saturated rings. The molecule has 0 radical (unpaired) electrons. The number of rotatable bonds is 6. The molecule has 0 heterocycles. The first-order valence-corrected chi connectivity index (χ1v) is 6.85.